The summed E-state index contributed by atoms with van der Waals surface area (Å²) in [6, 6.07) is 0.465. The molecule has 3 rings (SSSR count). The highest BCUT2D eigenvalue weighted by atomic mass is 16.1. The van der Waals surface area contributed by atoms with Crippen LogP contribution in [0.15, 0.2) is 23.8 Å². The summed E-state index contributed by atoms with van der Waals surface area (Å²) in [6.45, 7) is 4.76. The van der Waals surface area contributed by atoms with Crippen LogP contribution in [0.4, 0.5) is 0 Å². The van der Waals surface area contributed by atoms with E-state index < -0.39 is 0 Å². The van der Waals surface area contributed by atoms with Crippen LogP contribution < -0.4 is 5.32 Å². The van der Waals surface area contributed by atoms with Crippen LogP contribution in [0, 0.1) is 23.7 Å². The van der Waals surface area contributed by atoms with Gasteiger partial charge in [-0.3, -0.25) is 4.79 Å². The minimum atomic E-state index is 0.291. The van der Waals surface area contributed by atoms with Gasteiger partial charge in [-0.15, -0.1) is 0 Å². The zero-order chi connectivity index (χ0) is 19.1. The molecule has 3 aliphatic rings. The SMILES string of the molecule is CC1C=CC2=C[C@H](C)CCC2C1CCCCCCC(=O)NC1CCCCC1. The van der Waals surface area contributed by atoms with Crippen molar-refractivity contribution >= 4 is 5.91 Å². The number of hydrogen-bond acceptors (Lipinski definition) is 1. The molecule has 0 aliphatic heterocycles. The standard InChI is InChI=1S/C25H41NO/c1-19-14-17-24-21(18-19)16-15-20(2)23(24)12-8-3-4-9-13-25(27)26-22-10-6-5-7-11-22/h15-16,18-20,22-24H,3-14,17H2,1-2H3,(H,26,27)/t19-,20?,23?,24?/m1/s1. The summed E-state index contributed by atoms with van der Waals surface area (Å²) in [6.07, 6.45) is 23.4. The topological polar surface area (TPSA) is 29.1 Å². The predicted octanol–water partition coefficient (Wildman–Crippen LogP) is 6.57. The van der Waals surface area contributed by atoms with Crippen molar-refractivity contribution in [2.24, 2.45) is 23.7 Å². The second kappa shape index (κ2) is 10.5. The lowest BCUT2D eigenvalue weighted by Gasteiger charge is -2.38. The van der Waals surface area contributed by atoms with E-state index in [9.17, 15) is 4.79 Å². The van der Waals surface area contributed by atoms with Gasteiger partial charge in [-0.25, -0.2) is 0 Å². The maximum absolute atomic E-state index is 12.1. The Labute approximate surface area is 167 Å². The minimum Gasteiger partial charge on any atom is -0.353 e. The van der Waals surface area contributed by atoms with Crippen LogP contribution in [0.25, 0.3) is 0 Å². The fourth-order valence-electron chi connectivity index (χ4n) is 5.59. The fourth-order valence-corrected chi connectivity index (χ4v) is 5.59. The van der Waals surface area contributed by atoms with Crippen molar-refractivity contribution in [2.45, 2.75) is 103 Å². The van der Waals surface area contributed by atoms with Gasteiger partial charge in [0.2, 0.25) is 5.91 Å². The second-order valence-electron chi connectivity index (χ2n) is 9.57. The molecule has 0 heterocycles. The monoisotopic (exact) mass is 371 g/mol. The molecule has 2 nitrogen and oxygen atoms in total. The minimum absolute atomic E-state index is 0.291. The first-order valence-corrected chi connectivity index (χ1v) is 11.8. The molecule has 1 amide bonds. The first-order chi connectivity index (χ1) is 13.1. The average Bonchev–Trinajstić information content (AvgIpc) is 2.66. The molecule has 0 aromatic heterocycles. The van der Waals surface area contributed by atoms with Crippen molar-refractivity contribution in [2.75, 3.05) is 0 Å². The molecule has 0 radical (unpaired) electrons. The van der Waals surface area contributed by atoms with Gasteiger partial charge in [0.25, 0.3) is 0 Å². The molecule has 4 atom stereocenters. The van der Waals surface area contributed by atoms with Gasteiger partial charge < -0.3 is 5.32 Å². The molecule has 27 heavy (non-hydrogen) atoms. The Morgan fingerprint density at radius 2 is 1.78 bits per heavy atom. The normalized spacial score (nSPS) is 31.3. The van der Waals surface area contributed by atoms with E-state index in [1.807, 2.05) is 0 Å². The zero-order valence-electron chi connectivity index (χ0n) is 17.7. The first kappa shape index (κ1) is 20.7. The lowest BCUT2D eigenvalue weighted by molar-refractivity contribution is -0.122. The third-order valence-electron chi connectivity index (χ3n) is 7.28. The molecule has 2 heteroatoms. The molecule has 0 spiro atoms. The highest BCUT2D eigenvalue weighted by Gasteiger charge is 2.32. The van der Waals surface area contributed by atoms with E-state index in [2.05, 4.69) is 37.4 Å². The molecule has 0 aromatic carbocycles. The summed E-state index contributed by atoms with van der Waals surface area (Å²) >= 11 is 0. The zero-order valence-corrected chi connectivity index (χ0v) is 17.7. The third kappa shape index (κ3) is 6.22. The number of allylic oxidation sites excluding steroid dienone is 4. The van der Waals surface area contributed by atoms with E-state index in [1.54, 1.807) is 5.57 Å². The number of rotatable bonds is 8. The quantitative estimate of drug-likeness (QED) is 0.480. The van der Waals surface area contributed by atoms with Crippen molar-refractivity contribution in [1.29, 1.82) is 0 Å². The van der Waals surface area contributed by atoms with Gasteiger partial charge in [0.05, 0.1) is 0 Å². The first-order valence-electron chi connectivity index (χ1n) is 11.8. The maximum atomic E-state index is 12.1. The molecular formula is C25H41NO. The van der Waals surface area contributed by atoms with Gasteiger partial charge in [-0.1, -0.05) is 70.6 Å². The van der Waals surface area contributed by atoms with E-state index >= 15 is 0 Å². The Morgan fingerprint density at radius 1 is 1.00 bits per heavy atom. The Hall–Kier alpha value is -1.05. The molecule has 1 N–H and O–H groups in total. The molecule has 3 unspecified atom stereocenters. The second-order valence-corrected chi connectivity index (χ2v) is 9.57. The Bertz CT molecular complexity index is 528. The number of hydrogen-bond donors (Lipinski definition) is 1. The fraction of sp³-hybridized carbons (Fsp3) is 0.800. The molecule has 152 valence electrons. The molecule has 1 saturated carbocycles. The van der Waals surface area contributed by atoms with Gasteiger partial charge in [0.1, 0.15) is 0 Å². The van der Waals surface area contributed by atoms with Crippen LogP contribution in [-0.4, -0.2) is 11.9 Å². The van der Waals surface area contributed by atoms with Gasteiger partial charge in [-0.2, -0.15) is 0 Å². The van der Waals surface area contributed by atoms with Crippen molar-refractivity contribution < 1.29 is 4.79 Å². The van der Waals surface area contributed by atoms with Crippen LogP contribution in [0.2, 0.25) is 0 Å². The van der Waals surface area contributed by atoms with E-state index in [-0.39, 0.29) is 0 Å². The van der Waals surface area contributed by atoms with Crippen LogP contribution in [0.3, 0.4) is 0 Å². The van der Waals surface area contributed by atoms with E-state index in [0.29, 0.717) is 11.9 Å². The predicted molar refractivity (Wildman–Crippen MR) is 114 cm³/mol. The summed E-state index contributed by atoms with van der Waals surface area (Å²) in [4.78, 5) is 12.1. The Morgan fingerprint density at radius 3 is 2.59 bits per heavy atom. The van der Waals surface area contributed by atoms with Crippen molar-refractivity contribution in [3.8, 4) is 0 Å². The van der Waals surface area contributed by atoms with Crippen molar-refractivity contribution in [3.63, 3.8) is 0 Å². The maximum Gasteiger partial charge on any atom is 0.220 e. The van der Waals surface area contributed by atoms with Crippen LogP contribution in [0.5, 0.6) is 0 Å². The van der Waals surface area contributed by atoms with Crippen LogP contribution in [-0.2, 0) is 4.79 Å². The highest BCUT2D eigenvalue weighted by Crippen LogP contribution is 2.43. The molecule has 3 aliphatic carbocycles. The third-order valence-corrected chi connectivity index (χ3v) is 7.28. The van der Waals surface area contributed by atoms with Gasteiger partial charge in [0.15, 0.2) is 0 Å². The number of carbonyl (C=O) groups excluding carboxylic acids is 1. The molecular weight excluding hydrogens is 330 g/mol. The largest absolute Gasteiger partial charge is 0.353 e. The van der Waals surface area contributed by atoms with Gasteiger partial charge in [-0.05, 0) is 67.8 Å². The Kier molecular flexibility index (Phi) is 8.03. The molecule has 1 fully saturated rings. The number of nitrogens with one attached hydrogen (secondary N) is 1. The van der Waals surface area contributed by atoms with Crippen molar-refractivity contribution in [3.05, 3.63) is 23.8 Å². The number of carbonyl (C=O) groups is 1. The summed E-state index contributed by atoms with van der Waals surface area (Å²) in [7, 11) is 0. The smallest absolute Gasteiger partial charge is 0.220 e. The average molecular weight is 372 g/mol. The van der Waals surface area contributed by atoms with E-state index in [1.165, 1.54) is 70.6 Å². The lowest BCUT2D eigenvalue weighted by atomic mass is 9.67. The van der Waals surface area contributed by atoms with Gasteiger partial charge in [0, 0.05) is 12.5 Å². The van der Waals surface area contributed by atoms with E-state index in [0.717, 1.165) is 36.5 Å². The summed E-state index contributed by atoms with van der Waals surface area (Å²) in [5.74, 6) is 3.42. The number of amides is 1. The Balaban J connectivity index is 1.30. The molecule has 0 saturated heterocycles. The number of unbranched alkanes of at least 4 members (excludes halogenated alkanes) is 3. The van der Waals surface area contributed by atoms with Crippen LogP contribution >= 0.6 is 0 Å². The summed E-state index contributed by atoms with van der Waals surface area (Å²) in [5.41, 5.74) is 1.62. The van der Waals surface area contributed by atoms with Crippen molar-refractivity contribution in [1.82, 2.24) is 5.32 Å². The summed E-state index contributed by atoms with van der Waals surface area (Å²) < 4.78 is 0. The lowest BCUT2D eigenvalue weighted by Crippen LogP contribution is -2.35. The number of fused-ring (bicyclic) bond motifs is 1. The molecule has 0 bridgehead atoms. The van der Waals surface area contributed by atoms with Gasteiger partial charge >= 0.3 is 0 Å². The van der Waals surface area contributed by atoms with E-state index in [4.69, 9.17) is 0 Å². The molecule has 0 aromatic rings. The summed E-state index contributed by atoms with van der Waals surface area (Å²) in [5, 5.41) is 3.25. The van der Waals surface area contributed by atoms with Crippen LogP contribution in [0.1, 0.15) is 97.3 Å². The highest BCUT2D eigenvalue weighted by molar-refractivity contribution is 5.76.